The van der Waals surface area contributed by atoms with Crippen molar-refractivity contribution in [3.63, 3.8) is 0 Å². The van der Waals surface area contributed by atoms with Gasteiger partial charge in [0.15, 0.2) is 0 Å². The quantitative estimate of drug-likeness (QED) is 0.568. The maximum atomic E-state index is 12.6. The van der Waals surface area contributed by atoms with E-state index in [2.05, 4.69) is 52.6 Å². The molecule has 1 aromatic carbocycles. The summed E-state index contributed by atoms with van der Waals surface area (Å²) >= 11 is 1.59. The van der Waals surface area contributed by atoms with E-state index in [4.69, 9.17) is 4.74 Å². The molecule has 0 unspecified atom stereocenters. The van der Waals surface area contributed by atoms with Crippen molar-refractivity contribution in [3.05, 3.63) is 45.4 Å². The van der Waals surface area contributed by atoms with Gasteiger partial charge in [-0.05, 0) is 56.4 Å². The largest absolute Gasteiger partial charge is 0.486 e. The average molecular weight is 389 g/mol. The molecular formula is C22H32N2O2S. The Bertz CT molecular complexity index is 734. The Labute approximate surface area is 167 Å². The number of rotatable bonds is 9. The molecule has 0 aliphatic heterocycles. The number of benzene rings is 1. The highest BCUT2D eigenvalue weighted by Crippen LogP contribution is 2.20. The third kappa shape index (κ3) is 6.65. The van der Waals surface area contributed by atoms with Gasteiger partial charge in [-0.3, -0.25) is 4.79 Å². The Morgan fingerprint density at radius 3 is 2.44 bits per heavy atom. The van der Waals surface area contributed by atoms with Crippen molar-refractivity contribution in [1.82, 2.24) is 9.88 Å². The molecule has 2 rings (SSSR count). The Morgan fingerprint density at radius 1 is 1.19 bits per heavy atom. The van der Waals surface area contributed by atoms with Crippen LogP contribution >= 0.6 is 11.3 Å². The van der Waals surface area contributed by atoms with Gasteiger partial charge >= 0.3 is 0 Å². The highest BCUT2D eigenvalue weighted by Gasteiger charge is 2.21. The predicted molar refractivity (Wildman–Crippen MR) is 112 cm³/mol. The van der Waals surface area contributed by atoms with Crippen LogP contribution in [0.1, 0.15) is 62.4 Å². The summed E-state index contributed by atoms with van der Waals surface area (Å²) in [5.74, 6) is 1.44. The highest BCUT2D eigenvalue weighted by molar-refractivity contribution is 7.09. The lowest BCUT2D eigenvalue weighted by molar-refractivity contribution is -0.134. The summed E-state index contributed by atoms with van der Waals surface area (Å²) < 4.78 is 5.91. The monoisotopic (exact) mass is 388 g/mol. The molecule has 1 amide bonds. The van der Waals surface area contributed by atoms with Gasteiger partial charge in [-0.15, -0.1) is 11.3 Å². The van der Waals surface area contributed by atoms with Crippen molar-refractivity contribution in [2.75, 3.05) is 0 Å². The molecule has 0 saturated heterocycles. The third-order valence-electron chi connectivity index (χ3n) is 4.52. The topological polar surface area (TPSA) is 42.4 Å². The summed E-state index contributed by atoms with van der Waals surface area (Å²) in [7, 11) is 0. The number of aromatic nitrogens is 1. The summed E-state index contributed by atoms with van der Waals surface area (Å²) in [6.45, 7) is 13.5. The Kier molecular flexibility index (Phi) is 7.84. The second-order valence-electron chi connectivity index (χ2n) is 7.72. The summed E-state index contributed by atoms with van der Waals surface area (Å²) in [5.41, 5.74) is 3.33. The first-order valence-corrected chi connectivity index (χ1v) is 10.6. The summed E-state index contributed by atoms with van der Waals surface area (Å²) in [5, 5.41) is 2.97. The van der Waals surface area contributed by atoms with Gasteiger partial charge in [0, 0.05) is 17.8 Å². The zero-order valence-electron chi connectivity index (χ0n) is 17.4. The van der Waals surface area contributed by atoms with E-state index in [-0.39, 0.29) is 11.9 Å². The van der Waals surface area contributed by atoms with Crippen LogP contribution in [0.2, 0.25) is 0 Å². The molecule has 2 aromatic rings. The zero-order valence-corrected chi connectivity index (χ0v) is 18.2. The molecule has 27 heavy (non-hydrogen) atoms. The van der Waals surface area contributed by atoms with E-state index in [1.54, 1.807) is 11.3 Å². The van der Waals surface area contributed by atoms with Gasteiger partial charge in [0.2, 0.25) is 5.91 Å². The standard InChI is InChI=1S/C22H32N2O2S/c1-7-18(6)24(22(25)8-15(2)3)12-19-14-27-21(23-19)13-26-20-10-16(4)9-17(5)11-20/h9-11,14-15,18H,7-8,12-13H2,1-6H3/t18-/m1/s1. The van der Waals surface area contributed by atoms with Gasteiger partial charge in [0.1, 0.15) is 17.4 Å². The minimum atomic E-state index is 0.209. The Morgan fingerprint density at radius 2 is 1.85 bits per heavy atom. The maximum absolute atomic E-state index is 12.6. The first-order chi connectivity index (χ1) is 12.8. The molecule has 0 bridgehead atoms. The van der Waals surface area contributed by atoms with E-state index < -0.39 is 0 Å². The predicted octanol–water partition coefficient (Wildman–Crippen LogP) is 5.51. The number of nitrogens with zero attached hydrogens (tertiary/aromatic N) is 2. The number of hydrogen-bond donors (Lipinski definition) is 0. The minimum Gasteiger partial charge on any atom is -0.486 e. The normalized spacial score (nSPS) is 12.3. The van der Waals surface area contributed by atoms with Gasteiger partial charge < -0.3 is 9.64 Å². The molecule has 0 fully saturated rings. The molecule has 0 aliphatic rings. The Balaban J connectivity index is 2.01. The third-order valence-corrected chi connectivity index (χ3v) is 5.39. The van der Waals surface area contributed by atoms with Crippen molar-refractivity contribution >= 4 is 17.2 Å². The van der Waals surface area contributed by atoms with E-state index in [1.165, 1.54) is 11.1 Å². The fraction of sp³-hybridized carbons (Fsp3) is 0.545. The number of hydrogen-bond acceptors (Lipinski definition) is 4. The van der Waals surface area contributed by atoms with Gasteiger partial charge in [-0.2, -0.15) is 0 Å². The van der Waals surface area contributed by atoms with Crippen LogP contribution in [0.4, 0.5) is 0 Å². The lowest BCUT2D eigenvalue weighted by atomic mass is 10.1. The minimum absolute atomic E-state index is 0.209. The molecule has 0 aliphatic carbocycles. The second kappa shape index (κ2) is 9.88. The molecule has 0 saturated carbocycles. The summed E-state index contributed by atoms with van der Waals surface area (Å²) in [6, 6.07) is 6.42. The number of aryl methyl sites for hydroxylation is 2. The first-order valence-electron chi connectivity index (χ1n) is 9.72. The molecule has 0 spiro atoms. The van der Waals surface area contributed by atoms with Gasteiger partial charge in [0.25, 0.3) is 0 Å². The number of thiazole rings is 1. The zero-order chi connectivity index (χ0) is 20.0. The fourth-order valence-corrected chi connectivity index (χ4v) is 3.70. The molecule has 0 radical (unpaired) electrons. The first kappa shape index (κ1) is 21.4. The fourth-order valence-electron chi connectivity index (χ4n) is 3.00. The van der Waals surface area contributed by atoms with Crippen molar-refractivity contribution in [3.8, 4) is 5.75 Å². The van der Waals surface area contributed by atoms with E-state index in [9.17, 15) is 4.79 Å². The van der Waals surface area contributed by atoms with Gasteiger partial charge in [-0.1, -0.05) is 26.8 Å². The summed E-state index contributed by atoms with van der Waals surface area (Å²) in [6.07, 6.45) is 1.52. The van der Waals surface area contributed by atoms with Crippen molar-refractivity contribution in [1.29, 1.82) is 0 Å². The van der Waals surface area contributed by atoms with Crippen LogP contribution in [0.25, 0.3) is 0 Å². The number of amides is 1. The summed E-state index contributed by atoms with van der Waals surface area (Å²) in [4.78, 5) is 19.3. The molecular weight excluding hydrogens is 356 g/mol. The lowest BCUT2D eigenvalue weighted by Crippen LogP contribution is -2.38. The van der Waals surface area contributed by atoms with E-state index in [0.29, 0.717) is 25.5 Å². The van der Waals surface area contributed by atoms with Crippen LogP contribution in [-0.2, 0) is 17.9 Å². The molecule has 4 nitrogen and oxygen atoms in total. The van der Waals surface area contributed by atoms with Crippen LogP contribution in [-0.4, -0.2) is 21.8 Å². The molecule has 148 valence electrons. The molecule has 5 heteroatoms. The maximum Gasteiger partial charge on any atom is 0.223 e. The molecule has 0 N–H and O–H groups in total. The van der Waals surface area contributed by atoms with Gasteiger partial charge in [-0.25, -0.2) is 4.98 Å². The van der Waals surface area contributed by atoms with Crippen molar-refractivity contribution in [2.45, 2.75) is 73.6 Å². The number of carbonyl (C=O) groups is 1. The van der Waals surface area contributed by atoms with Crippen LogP contribution in [0.5, 0.6) is 5.75 Å². The average Bonchev–Trinajstić information content (AvgIpc) is 3.03. The van der Waals surface area contributed by atoms with E-state index in [0.717, 1.165) is 22.9 Å². The van der Waals surface area contributed by atoms with Crippen LogP contribution in [0, 0.1) is 19.8 Å². The second-order valence-corrected chi connectivity index (χ2v) is 8.66. The van der Waals surface area contributed by atoms with Crippen molar-refractivity contribution in [2.24, 2.45) is 5.92 Å². The number of carbonyl (C=O) groups excluding carboxylic acids is 1. The SMILES string of the molecule is CC[C@@H](C)N(Cc1csc(COc2cc(C)cc(C)c2)n1)C(=O)CC(C)C. The molecule has 1 aromatic heterocycles. The Hall–Kier alpha value is -1.88. The van der Waals surface area contributed by atoms with Crippen LogP contribution in [0.3, 0.4) is 0 Å². The molecule has 1 atom stereocenters. The van der Waals surface area contributed by atoms with E-state index in [1.807, 2.05) is 22.4 Å². The smallest absolute Gasteiger partial charge is 0.223 e. The highest BCUT2D eigenvalue weighted by atomic mass is 32.1. The number of ether oxygens (including phenoxy) is 1. The lowest BCUT2D eigenvalue weighted by Gasteiger charge is -2.28. The van der Waals surface area contributed by atoms with Gasteiger partial charge in [0.05, 0.1) is 12.2 Å². The van der Waals surface area contributed by atoms with Crippen molar-refractivity contribution < 1.29 is 9.53 Å². The van der Waals surface area contributed by atoms with E-state index >= 15 is 0 Å². The van der Waals surface area contributed by atoms with Crippen LogP contribution < -0.4 is 4.74 Å². The molecule has 1 heterocycles. The van der Waals surface area contributed by atoms with Crippen LogP contribution in [0.15, 0.2) is 23.6 Å².